The van der Waals surface area contributed by atoms with Crippen molar-refractivity contribution in [2.24, 2.45) is 0 Å². The van der Waals surface area contributed by atoms with E-state index >= 15 is 0 Å². The highest BCUT2D eigenvalue weighted by molar-refractivity contribution is 5.69. The van der Waals surface area contributed by atoms with E-state index in [1.807, 2.05) is 0 Å². The molecule has 54 valence electrons. The first-order valence-corrected chi connectivity index (χ1v) is 2.58. The van der Waals surface area contributed by atoms with Crippen molar-refractivity contribution in [2.45, 2.75) is 6.42 Å². The third-order valence-electron chi connectivity index (χ3n) is 0.639. The van der Waals surface area contributed by atoms with E-state index in [1.165, 1.54) is 0 Å². The van der Waals surface area contributed by atoms with E-state index in [-0.39, 0.29) is 13.0 Å². The topological polar surface area (TPSA) is 26.3 Å². The summed E-state index contributed by atoms with van der Waals surface area (Å²) < 4.78 is 26.7. The molecule has 0 N–H and O–H groups in total. The van der Waals surface area contributed by atoms with Crippen molar-refractivity contribution in [3.8, 4) is 0 Å². The van der Waals surface area contributed by atoms with E-state index < -0.39 is 19.3 Å². The summed E-state index contributed by atoms with van der Waals surface area (Å²) in [6, 6.07) is 0. The van der Waals surface area contributed by atoms with E-state index in [4.69, 9.17) is 0 Å². The van der Waals surface area contributed by atoms with Crippen molar-refractivity contribution in [3.63, 3.8) is 0 Å². The maximum atomic E-state index is 11.3. The highest BCUT2D eigenvalue weighted by Crippen LogP contribution is 1.86. The lowest BCUT2D eigenvalue weighted by Gasteiger charge is -1.96. The van der Waals surface area contributed by atoms with Gasteiger partial charge in [0.25, 0.3) is 0 Å². The van der Waals surface area contributed by atoms with Crippen LogP contribution >= 0.6 is 0 Å². The largest absolute Gasteiger partial charge is 0.463 e. The van der Waals surface area contributed by atoms with Crippen LogP contribution in [0.3, 0.4) is 0 Å². The van der Waals surface area contributed by atoms with Crippen molar-refractivity contribution in [1.82, 2.24) is 0 Å². The Kier molecular flexibility index (Phi) is 5.06. The van der Waals surface area contributed by atoms with Gasteiger partial charge in [0.15, 0.2) is 0 Å². The zero-order valence-electron chi connectivity index (χ0n) is 4.90. The number of carbonyl (C=O) groups excluding carboxylic acids is 1. The van der Waals surface area contributed by atoms with Gasteiger partial charge in [0.2, 0.25) is 0 Å². The first kappa shape index (κ1) is 8.33. The first-order valence-electron chi connectivity index (χ1n) is 2.58. The Morgan fingerprint density at radius 2 is 2.00 bits per heavy atom. The molecule has 0 aliphatic rings. The Balaban J connectivity index is 3.06. The predicted molar refractivity (Wildman–Crippen MR) is 27.5 cm³/mol. The molecule has 0 spiro atoms. The van der Waals surface area contributed by atoms with Crippen molar-refractivity contribution >= 4 is 5.97 Å². The summed E-state index contributed by atoms with van der Waals surface area (Å²) in [4.78, 5) is 10.2. The van der Waals surface area contributed by atoms with Crippen molar-refractivity contribution in [1.29, 1.82) is 0 Å². The predicted octanol–water partition coefficient (Wildman–Crippen LogP) is 0.859. The molecule has 0 bridgehead atoms. The van der Waals surface area contributed by atoms with Gasteiger partial charge in [-0.2, -0.15) is 0 Å². The molecule has 0 heterocycles. The third kappa shape index (κ3) is 5.20. The minimum Gasteiger partial charge on any atom is -0.463 e. The number of esters is 1. The Bertz CT molecular complexity index is 85.0. The summed E-state index contributed by atoms with van der Waals surface area (Å²) in [7, 11) is 0. The molecule has 0 saturated heterocycles. The van der Waals surface area contributed by atoms with Crippen LogP contribution in [0.25, 0.3) is 0 Å². The summed E-state index contributed by atoms with van der Waals surface area (Å²) in [6.07, 6.45) is -0.278. The molecule has 0 unspecified atom stereocenters. The molecular formula is C5H8F2O2. The summed E-state index contributed by atoms with van der Waals surface area (Å²) in [5.41, 5.74) is 0. The van der Waals surface area contributed by atoms with Gasteiger partial charge in [-0.1, -0.05) is 0 Å². The van der Waals surface area contributed by atoms with Gasteiger partial charge in [0.1, 0.15) is 13.3 Å². The number of hydrogen-bond donors (Lipinski definition) is 0. The number of carbonyl (C=O) groups is 1. The average molecular weight is 138 g/mol. The molecule has 0 amide bonds. The molecule has 0 fully saturated rings. The van der Waals surface area contributed by atoms with E-state index in [9.17, 15) is 13.6 Å². The molecule has 0 aromatic heterocycles. The second-order valence-electron chi connectivity index (χ2n) is 1.35. The van der Waals surface area contributed by atoms with Gasteiger partial charge in [0, 0.05) is 0 Å². The fourth-order valence-electron chi connectivity index (χ4n) is 0.302. The molecule has 0 saturated carbocycles. The SMILES string of the molecule is O=C(CCF)OCCF. The minimum absolute atomic E-state index is 0.265. The number of alkyl halides is 2. The van der Waals surface area contributed by atoms with Crippen molar-refractivity contribution in [2.75, 3.05) is 20.0 Å². The summed E-state index contributed by atoms with van der Waals surface area (Å²) in [6.45, 7) is -1.72. The van der Waals surface area contributed by atoms with Gasteiger partial charge < -0.3 is 4.74 Å². The van der Waals surface area contributed by atoms with Crippen LogP contribution in [-0.4, -0.2) is 25.9 Å². The summed E-state index contributed by atoms with van der Waals surface area (Å²) in [5, 5.41) is 0. The zero-order valence-corrected chi connectivity index (χ0v) is 4.90. The monoisotopic (exact) mass is 138 g/mol. The highest BCUT2D eigenvalue weighted by atomic mass is 19.1. The van der Waals surface area contributed by atoms with E-state index in [0.717, 1.165) is 0 Å². The maximum absolute atomic E-state index is 11.3. The fraction of sp³-hybridized carbons (Fsp3) is 0.800. The molecular weight excluding hydrogens is 130 g/mol. The Hall–Kier alpha value is -0.670. The molecule has 4 heteroatoms. The Morgan fingerprint density at radius 3 is 2.44 bits per heavy atom. The van der Waals surface area contributed by atoms with Gasteiger partial charge in [-0.05, 0) is 0 Å². The van der Waals surface area contributed by atoms with Gasteiger partial charge in [0.05, 0.1) is 13.1 Å². The zero-order chi connectivity index (χ0) is 7.11. The smallest absolute Gasteiger partial charge is 0.308 e. The van der Waals surface area contributed by atoms with Crippen molar-refractivity contribution < 1.29 is 18.3 Å². The molecule has 0 aliphatic carbocycles. The average Bonchev–Trinajstić information content (AvgIpc) is 1.85. The normalized spacial score (nSPS) is 9.11. The second-order valence-corrected chi connectivity index (χ2v) is 1.35. The van der Waals surface area contributed by atoms with Gasteiger partial charge in [-0.25, -0.2) is 4.39 Å². The Labute approximate surface area is 51.8 Å². The molecule has 0 atom stereocenters. The van der Waals surface area contributed by atoms with Crippen LogP contribution in [0.2, 0.25) is 0 Å². The first-order chi connectivity index (χ1) is 4.31. The van der Waals surface area contributed by atoms with E-state index in [1.54, 1.807) is 0 Å². The highest BCUT2D eigenvalue weighted by Gasteiger charge is 1.99. The second kappa shape index (κ2) is 5.47. The lowest BCUT2D eigenvalue weighted by molar-refractivity contribution is -0.144. The quantitative estimate of drug-likeness (QED) is 0.538. The van der Waals surface area contributed by atoms with Crippen LogP contribution in [0.5, 0.6) is 0 Å². The van der Waals surface area contributed by atoms with Gasteiger partial charge >= 0.3 is 5.97 Å². The number of rotatable bonds is 4. The maximum Gasteiger partial charge on any atom is 0.308 e. The molecule has 0 rings (SSSR count). The fourth-order valence-corrected chi connectivity index (χ4v) is 0.302. The van der Waals surface area contributed by atoms with Crippen LogP contribution < -0.4 is 0 Å². The van der Waals surface area contributed by atoms with E-state index in [0.29, 0.717) is 0 Å². The van der Waals surface area contributed by atoms with Crippen molar-refractivity contribution in [3.05, 3.63) is 0 Å². The number of ether oxygens (including phenoxy) is 1. The number of hydrogen-bond acceptors (Lipinski definition) is 2. The third-order valence-corrected chi connectivity index (χ3v) is 0.639. The molecule has 0 aromatic rings. The van der Waals surface area contributed by atoms with Crippen LogP contribution in [0, 0.1) is 0 Å². The molecule has 9 heavy (non-hydrogen) atoms. The molecule has 2 nitrogen and oxygen atoms in total. The summed E-state index contributed by atoms with van der Waals surface area (Å²) >= 11 is 0. The standard InChI is InChI=1S/C5H8F2O2/c6-2-1-5(8)9-4-3-7/h1-4H2. The van der Waals surface area contributed by atoms with Gasteiger partial charge in [-0.15, -0.1) is 0 Å². The van der Waals surface area contributed by atoms with Crippen LogP contribution in [0.1, 0.15) is 6.42 Å². The molecule has 0 radical (unpaired) electrons. The molecule has 0 aromatic carbocycles. The Morgan fingerprint density at radius 1 is 1.33 bits per heavy atom. The van der Waals surface area contributed by atoms with Gasteiger partial charge in [-0.3, -0.25) is 9.18 Å². The van der Waals surface area contributed by atoms with Crippen LogP contribution in [0.4, 0.5) is 8.78 Å². The molecule has 0 aliphatic heterocycles. The number of halogens is 2. The van der Waals surface area contributed by atoms with Crippen LogP contribution in [-0.2, 0) is 9.53 Å². The lowest BCUT2D eigenvalue weighted by atomic mass is 10.5. The minimum atomic E-state index is -0.745. The van der Waals surface area contributed by atoms with E-state index in [2.05, 4.69) is 4.74 Å². The lowest BCUT2D eigenvalue weighted by Crippen LogP contribution is -2.06. The van der Waals surface area contributed by atoms with Crippen LogP contribution in [0.15, 0.2) is 0 Å². The summed E-state index contributed by atoms with van der Waals surface area (Å²) in [5.74, 6) is -0.685.